The van der Waals surface area contributed by atoms with E-state index < -0.39 is 6.04 Å². The third kappa shape index (κ3) is 5.33. The lowest BCUT2D eigenvalue weighted by molar-refractivity contribution is -0.160. The molecule has 0 aromatic heterocycles. The number of amides is 2. The summed E-state index contributed by atoms with van der Waals surface area (Å²) in [6.45, 7) is 4.54. The van der Waals surface area contributed by atoms with Gasteiger partial charge in [0.25, 0.3) is 5.91 Å². The van der Waals surface area contributed by atoms with E-state index in [1.54, 1.807) is 16.9 Å². The largest absolute Gasteiger partial charge is 0.493 e. The van der Waals surface area contributed by atoms with E-state index in [2.05, 4.69) is 0 Å². The molecule has 0 radical (unpaired) electrons. The molecule has 8 heteroatoms. The van der Waals surface area contributed by atoms with E-state index in [1.165, 1.54) is 6.42 Å². The standard InChI is InChI=1S/C29H36N2O6/c1-19(2)36-25-14-13-20(15-26(25)34-3)28-29(33)30(21-9-5-4-6-10-21)17-27(32)31(28)16-22-18-35-23-11-7-8-12-24(23)37-22/h7-8,11-15,19,21-22,28H,4-6,9-10,16-18H2,1-3H3/t22-,28-/m1/s1. The molecule has 2 fully saturated rings. The number of methoxy groups -OCH3 is 1. The lowest BCUT2D eigenvalue weighted by atomic mass is 9.91. The van der Waals surface area contributed by atoms with Gasteiger partial charge in [0.1, 0.15) is 19.2 Å². The van der Waals surface area contributed by atoms with Crippen LogP contribution < -0.4 is 18.9 Å². The van der Waals surface area contributed by atoms with Crippen LogP contribution in [0.25, 0.3) is 0 Å². The molecule has 0 N–H and O–H groups in total. The number of fused-ring (bicyclic) bond motifs is 1. The van der Waals surface area contributed by atoms with Gasteiger partial charge in [-0.2, -0.15) is 0 Å². The lowest BCUT2D eigenvalue weighted by Crippen LogP contribution is -2.60. The molecule has 1 aliphatic carbocycles. The first kappa shape index (κ1) is 25.2. The Morgan fingerprint density at radius 2 is 1.76 bits per heavy atom. The molecular weight excluding hydrogens is 472 g/mol. The second-order valence-electron chi connectivity index (χ2n) is 10.3. The summed E-state index contributed by atoms with van der Waals surface area (Å²) < 4.78 is 23.6. The van der Waals surface area contributed by atoms with E-state index in [4.69, 9.17) is 18.9 Å². The molecule has 5 rings (SSSR count). The van der Waals surface area contributed by atoms with E-state index in [1.807, 2.05) is 56.3 Å². The summed E-state index contributed by atoms with van der Waals surface area (Å²) in [7, 11) is 1.58. The minimum Gasteiger partial charge on any atom is -0.493 e. The predicted molar refractivity (Wildman–Crippen MR) is 138 cm³/mol. The van der Waals surface area contributed by atoms with Gasteiger partial charge in [-0.15, -0.1) is 0 Å². The van der Waals surface area contributed by atoms with Gasteiger partial charge in [-0.25, -0.2) is 0 Å². The van der Waals surface area contributed by atoms with Crippen LogP contribution in [0, 0.1) is 0 Å². The van der Waals surface area contributed by atoms with Crippen molar-refractivity contribution in [2.24, 2.45) is 0 Å². The van der Waals surface area contributed by atoms with Crippen molar-refractivity contribution in [3.8, 4) is 23.0 Å². The van der Waals surface area contributed by atoms with Crippen LogP contribution in [0.4, 0.5) is 0 Å². The van der Waals surface area contributed by atoms with Crippen molar-refractivity contribution in [3.63, 3.8) is 0 Å². The van der Waals surface area contributed by atoms with Gasteiger partial charge in [0.2, 0.25) is 5.91 Å². The zero-order chi connectivity index (χ0) is 25.9. The molecule has 0 bridgehead atoms. The summed E-state index contributed by atoms with van der Waals surface area (Å²) in [6.07, 6.45) is 4.80. The Kier molecular flexibility index (Phi) is 7.44. The Hall–Kier alpha value is -3.42. The van der Waals surface area contributed by atoms with Crippen LogP contribution in [0.1, 0.15) is 57.6 Å². The van der Waals surface area contributed by atoms with Gasteiger partial charge in [0.15, 0.2) is 29.1 Å². The lowest BCUT2D eigenvalue weighted by Gasteiger charge is -2.45. The average molecular weight is 509 g/mol. The molecule has 198 valence electrons. The van der Waals surface area contributed by atoms with Crippen molar-refractivity contribution >= 4 is 11.8 Å². The van der Waals surface area contributed by atoms with Crippen LogP contribution in [0.15, 0.2) is 42.5 Å². The van der Waals surface area contributed by atoms with E-state index in [9.17, 15) is 9.59 Å². The van der Waals surface area contributed by atoms with Crippen molar-refractivity contribution < 1.29 is 28.5 Å². The quantitative estimate of drug-likeness (QED) is 0.553. The Morgan fingerprint density at radius 3 is 2.49 bits per heavy atom. The fourth-order valence-corrected chi connectivity index (χ4v) is 5.56. The molecular formula is C29H36N2O6. The second kappa shape index (κ2) is 10.9. The third-order valence-electron chi connectivity index (χ3n) is 7.30. The summed E-state index contributed by atoms with van der Waals surface area (Å²) in [5.41, 5.74) is 0.698. The molecule has 0 spiro atoms. The predicted octanol–water partition coefficient (Wildman–Crippen LogP) is 4.37. The fraction of sp³-hybridized carbons (Fsp3) is 0.517. The molecule has 8 nitrogen and oxygen atoms in total. The Labute approximate surface area is 218 Å². The summed E-state index contributed by atoms with van der Waals surface area (Å²) in [6, 6.07) is 12.3. The van der Waals surface area contributed by atoms with Crippen molar-refractivity contribution in [1.82, 2.24) is 9.80 Å². The van der Waals surface area contributed by atoms with Gasteiger partial charge in [-0.3, -0.25) is 9.59 Å². The molecule has 2 amide bonds. The molecule has 2 heterocycles. The van der Waals surface area contributed by atoms with Crippen LogP contribution >= 0.6 is 0 Å². The van der Waals surface area contributed by atoms with Crippen LogP contribution in [-0.2, 0) is 9.59 Å². The maximum atomic E-state index is 14.1. The number of piperazine rings is 1. The summed E-state index contributed by atoms with van der Waals surface area (Å²) in [5, 5.41) is 0. The highest BCUT2D eigenvalue weighted by molar-refractivity contribution is 5.96. The Bertz CT molecular complexity index is 1130. The number of carbonyl (C=O) groups excluding carboxylic acids is 2. The maximum absolute atomic E-state index is 14.1. The van der Waals surface area contributed by atoms with Crippen LogP contribution in [0.2, 0.25) is 0 Å². The SMILES string of the molecule is COc1cc([C@@H]2C(=O)N(C3CCCCC3)CC(=O)N2C[C@@H]2COc3ccccc3O2)ccc1OC(C)C. The first-order valence-corrected chi connectivity index (χ1v) is 13.3. The van der Waals surface area contributed by atoms with Gasteiger partial charge >= 0.3 is 0 Å². The number of nitrogens with zero attached hydrogens (tertiary/aromatic N) is 2. The van der Waals surface area contributed by atoms with E-state index in [0.29, 0.717) is 35.2 Å². The molecule has 2 aromatic rings. The van der Waals surface area contributed by atoms with Crippen molar-refractivity contribution in [2.75, 3.05) is 26.8 Å². The van der Waals surface area contributed by atoms with Crippen LogP contribution in [0.5, 0.6) is 23.0 Å². The molecule has 0 unspecified atom stereocenters. The van der Waals surface area contributed by atoms with Crippen molar-refractivity contribution in [2.45, 2.75) is 70.2 Å². The number of carbonyl (C=O) groups is 2. The van der Waals surface area contributed by atoms with Gasteiger partial charge < -0.3 is 28.7 Å². The number of rotatable bonds is 7. The molecule has 2 aromatic carbocycles. The molecule has 1 saturated heterocycles. The summed E-state index contributed by atoms with van der Waals surface area (Å²) in [5.74, 6) is 2.33. The summed E-state index contributed by atoms with van der Waals surface area (Å²) >= 11 is 0. The highest BCUT2D eigenvalue weighted by Crippen LogP contribution is 2.38. The highest BCUT2D eigenvalue weighted by atomic mass is 16.6. The van der Waals surface area contributed by atoms with Crippen LogP contribution in [-0.4, -0.2) is 66.7 Å². The van der Waals surface area contributed by atoms with Crippen LogP contribution in [0.3, 0.4) is 0 Å². The monoisotopic (exact) mass is 508 g/mol. The normalized spacial score (nSPS) is 22.4. The van der Waals surface area contributed by atoms with Crippen molar-refractivity contribution in [1.29, 1.82) is 0 Å². The average Bonchev–Trinajstić information content (AvgIpc) is 2.91. The number of para-hydroxylation sites is 2. The Morgan fingerprint density at radius 1 is 1.00 bits per heavy atom. The van der Waals surface area contributed by atoms with Gasteiger partial charge in [-0.05, 0) is 56.5 Å². The number of hydrogen-bond donors (Lipinski definition) is 0. The van der Waals surface area contributed by atoms with E-state index in [0.717, 1.165) is 25.7 Å². The minimum atomic E-state index is -0.772. The van der Waals surface area contributed by atoms with Gasteiger partial charge in [0, 0.05) is 6.04 Å². The molecule has 2 aliphatic heterocycles. The van der Waals surface area contributed by atoms with Gasteiger partial charge in [0.05, 0.1) is 19.8 Å². The first-order valence-electron chi connectivity index (χ1n) is 13.3. The number of benzene rings is 2. The second-order valence-corrected chi connectivity index (χ2v) is 10.3. The zero-order valence-corrected chi connectivity index (χ0v) is 21.9. The zero-order valence-electron chi connectivity index (χ0n) is 21.9. The highest BCUT2D eigenvalue weighted by Gasteiger charge is 2.44. The minimum absolute atomic E-state index is 0.0257. The van der Waals surface area contributed by atoms with E-state index >= 15 is 0 Å². The molecule has 3 aliphatic rings. The molecule has 37 heavy (non-hydrogen) atoms. The topological polar surface area (TPSA) is 77.5 Å². The first-order chi connectivity index (χ1) is 17.9. The molecule has 2 atom stereocenters. The smallest absolute Gasteiger partial charge is 0.250 e. The van der Waals surface area contributed by atoms with Crippen molar-refractivity contribution in [3.05, 3.63) is 48.0 Å². The third-order valence-corrected chi connectivity index (χ3v) is 7.30. The number of ether oxygens (including phenoxy) is 4. The molecule has 1 saturated carbocycles. The Balaban J connectivity index is 1.46. The van der Waals surface area contributed by atoms with Gasteiger partial charge in [-0.1, -0.05) is 37.5 Å². The van der Waals surface area contributed by atoms with E-state index in [-0.39, 0.29) is 43.2 Å². The maximum Gasteiger partial charge on any atom is 0.250 e. The number of hydrogen-bond acceptors (Lipinski definition) is 6. The fourth-order valence-electron chi connectivity index (χ4n) is 5.56. The summed E-state index contributed by atoms with van der Waals surface area (Å²) in [4.78, 5) is 31.2.